The molecular weight excluding hydrogens is 292 g/mol. The topological polar surface area (TPSA) is 77.8 Å². The second kappa shape index (κ2) is 6.12. The standard InChI is InChI=1S/C19H32O4/c1-18(7-5-13(22)9-12(18)10-20)16-6-8-19(2)15(14(16)11-21)3-4-17(19)23/h12-16,20-22H,3-11H2,1-2H3/t12-,13+,14+,15+,16+,18+,19+/m1/s1. The molecular formula is C19H32O4. The zero-order chi connectivity index (χ0) is 16.8. The summed E-state index contributed by atoms with van der Waals surface area (Å²) in [5, 5.41) is 30.0. The molecule has 3 N–H and O–H groups in total. The molecule has 3 aliphatic rings. The monoisotopic (exact) mass is 324 g/mol. The molecule has 0 heterocycles. The van der Waals surface area contributed by atoms with Crippen molar-refractivity contribution in [1.29, 1.82) is 0 Å². The van der Waals surface area contributed by atoms with Crippen molar-refractivity contribution < 1.29 is 20.1 Å². The quantitative estimate of drug-likeness (QED) is 0.743. The van der Waals surface area contributed by atoms with Gasteiger partial charge in [-0.1, -0.05) is 13.8 Å². The Labute approximate surface area is 139 Å². The van der Waals surface area contributed by atoms with Gasteiger partial charge in [-0.15, -0.1) is 0 Å². The SMILES string of the molecule is C[C@]1([C@H]2CC[C@]3(C)C(=O)CC[C@H]3[C@@H]2CO)CC[C@H](O)C[C@@H]1CO. The molecule has 23 heavy (non-hydrogen) atoms. The number of hydrogen-bond donors (Lipinski definition) is 3. The maximum absolute atomic E-state index is 12.4. The lowest BCUT2D eigenvalue weighted by Gasteiger charge is -2.55. The highest BCUT2D eigenvalue weighted by atomic mass is 16.3. The Morgan fingerprint density at radius 3 is 2.43 bits per heavy atom. The van der Waals surface area contributed by atoms with Crippen LogP contribution in [0.4, 0.5) is 0 Å². The van der Waals surface area contributed by atoms with E-state index in [0.29, 0.717) is 24.5 Å². The molecule has 3 saturated carbocycles. The van der Waals surface area contributed by atoms with Crippen LogP contribution < -0.4 is 0 Å². The van der Waals surface area contributed by atoms with Gasteiger partial charge in [-0.3, -0.25) is 4.79 Å². The summed E-state index contributed by atoms with van der Waals surface area (Å²) in [4.78, 5) is 12.4. The molecule has 0 aromatic heterocycles. The van der Waals surface area contributed by atoms with Gasteiger partial charge in [0, 0.05) is 25.0 Å². The Kier molecular flexibility index (Phi) is 4.63. The fourth-order valence-electron chi connectivity index (χ4n) is 6.30. The van der Waals surface area contributed by atoms with E-state index in [-0.39, 0.29) is 47.9 Å². The normalized spacial score (nSPS) is 50.8. The molecule has 0 amide bonds. The summed E-state index contributed by atoms with van der Waals surface area (Å²) >= 11 is 0. The predicted octanol–water partition coefficient (Wildman–Crippen LogP) is 2.15. The van der Waals surface area contributed by atoms with Gasteiger partial charge in [-0.25, -0.2) is 0 Å². The molecule has 4 nitrogen and oxygen atoms in total. The third-order valence-electron chi connectivity index (χ3n) is 7.93. The first-order valence-electron chi connectivity index (χ1n) is 9.30. The first kappa shape index (κ1) is 17.4. The first-order valence-corrected chi connectivity index (χ1v) is 9.30. The molecule has 3 fully saturated rings. The Bertz CT molecular complexity index is 464. The van der Waals surface area contributed by atoms with Crippen molar-refractivity contribution in [2.75, 3.05) is 13.2 Å². The minimum absolute atomic E-state index is 0.0473. The zero-order valence-corrected chi connectivity index (χ0v) is 14.5. The second-order valence-corrected chi connectivity index (χ2v) is 8.79. The number of Topliss-reactive ketones (excluding diaryl/α,β-unsaturated/α-hetero) is 1. The third kappa shape index (κ3) is 2.58. The number of rotatable bonds is 3. The Morgan fingerprint density at radius 2 is 1.78 bits per heavy atom. The van der Waals surface area contributed by atoms with Crippen molar-refractivity contribution in [3.05, 3.63) is 0 Å². The number of ketones is 1. The van der Waals surface area contributed by atoms with E-state index in [1.165, 1.54) is 0 Å². The Balaban J connectivity index is 1.89. The van der Waals surface area contributed by atoms with Gasteiger partial charge in [0.1, 0.15) is 5.78 Å². The summed E-state index contributed by atoms with van der Waals surface area (Å²) in [5.41, 5.74) is -0.294. The Hall–Kier alpha value is -0.450. The summed E-state index contributed by atoms with van der Waals surface area (Å²) < 4.78 is 0. The van der Waals surface area contributed by atoms with Gasteiger partial charge in [0.05, 0.1) is 6.10 Å². The average molecular weight is 324 g/mol. The molecule has 0 aliphatic heterocycles. The molecule has 0 unspecified atom stereocenters. The van der Waals surface area contributed by atoms with Crippen molar-refractivity contribution in [2.24, 2.45) is 34.5 Å². The van der Waals surface area contributed by atoms with Crippen LogP contribution in [0.2, 0.25) is 0 Å². The van der Waals surface area contributed by atoms with E-state index in [1.54, 1.807) is 0 Å². The van der Waals surface area contributed by atoms with E-state index in [2.05, 4.69) is 13.8 Å². The van der Waals surface area contributed by atoms with Gasteiger partial charge in [0.2, 0.25) is 0 Å². The molecule has 0 aromatic rings. The second-order valence-electron chi connectivity index (χ2n) is 8.79. The third-order valence-corrected chi connectivity index (χ3v) is 7.93. The van der Waals surface area contributed by atoms with Crippen LogP contribution in [0, 0.1) is 34.5 Å². The molecule has 7 atom stereocenters. The van der Waals surface area contributed by atoms with Crippen molar-refractivity contribution >= 4 is 5.78 Å². The van der Waals surface area contributed by atoms with Crippen molar-refractivity contribution in [3.63, 3.8) is 0 Å². The summed E-state index contributed by atoms with van der Waals surface area (Å²) in [7, 11) is 0. The van der Waals surface area contributed by atoms with E-state index in [4.69, 9.17) is 0 Å². The summed E-state index contributed by atoms with van der Waals surface area (Å²) in [5.74, 6) is 1.23. The van der Waals surface area contributed by atoms with Gasteiger partial charge in [-0.05, 0) is 67.6 Å². The van der Waals surface area contributed by atoms with Gasteiger partial charge in [-0.2, -0.15) is 0 Å². The number of carbonyl (C=O) groups is 1. The molecule has 3 rings (SSSR count). The van der Waals surface area contributed by atoms with Crippen LogP contribution >= 0.6 is 0 Å². The lowest BCUT2D eigenvalue weighted by molar-refractivity contribution is -0.138. The smallest absolute Gasteiger partial charge is 0.139 e. The molecule has 3 aliphatic carbocycles. The molecule has 132 valence electrons. The fourth-order valence-corrected chi connectivity index (χ4v) is 6.30. The number of carbonyl (C=O) groups excluding carboxylic acids is 1. The van der Waals surface area contributed by atoms with E-state index in [1.807, 2.05) is 0 Å². The van der Waals surface area contributed by atoms with Crippen LogP contribution in [0.1, 0.15) is 58.8 Å². The van der Waals surface area contributed by atoms with Crippen molar-refractivity contribution in [1.82, 2.24) is 0 Å². The van der Waals surface area contributed by atoms with E-state index < -0.39 is 0 Å². The van der Waals surface area contributed by atoms with Gasteiger partial charge >= 0.3 is 0 Å². The van der Waals surface area contributed by atoms with E-state index >= 15 is 0 Å². The van der Waals surface area contributed by atoms with E-state index in [0.717, 1.165) is 32.1 Å². The van der Waals surface area contributed by atoms with E-state index in [9.17, 15) is 20.1 Å². The molecule has 4 heteroatoms. The fraction of sp³-hybridized carbons (Fsp3) is 0.947. The highest BCUT2D eigenvalue weighted by molar-refractivity contribution is 5.87. The molecule has 0 aromatic carbocycles. The lowest BCUT2D eigenvalue weighted by atomic mass is 9.49. The van der Waals surface area contributed by atoms with Crippen LogP contribution in [0.25, 0.3) is 0 Å². The lowest BCUT2D eigenvalue weighted by Crippen LogP contribution is -2.52. The predicted molar refractivity (Wildman–Crippen MR) is 87.7 cm³/mol. The molecule has 0 saturated heterocycles. The number of aliphatic hydroxyl groups excluding tert-OH is 3. The maximum Gasteiger partial charge on any atom is 0.139 e. The van der Waals surface area contributed by atoms with Crippen molar-refractivity contribution in [3.8, 4) is 0 Å². The number of fused-ring (bicyclic) bond motifs is 1. The van der Waals surface area contributed by atoms with Crippen LogP contribution in [0.5, 0.6) is 0 Å². The van der Waals surface area contributed by atoms with Crippen LogP contribution in [0.3, 0.4) is 0 Å². The minimum Gasteiger partial charge on any atom is -0.396 e. The zero-order valence-electron chi connectivity index (χ0n) is 14.5. The molecule has 0 spiro atoms. The summed E-state index contributed by atoms with van der Waals surface area (Å²) in [6.07, 6.45) is 5.45. The first-order chi connectivity index (χ1) is 10.9. The molecule has 0 bridgehead atoms. The summed E-state index contributed by atoms with van der Waals surface area (Å²) in [6, 6.07) is 0. The average Bonchev–Trinajstić information content (AvgIpc) is 2.84. The minimum atomic E-state index is -0.310. The summed E-state index contributed by atoms with van der Waals surface area (Å²) in [6.45, 7) is 4.58. The van der Waals surface area contributed by atoms with Crippen LogP contribution in [0.15, 0.2) is 0 Å². The number of hydrogen-bond acceptors (Lipinski definition) is 4. The highest BCUT2D eigenvalue weighted by Gasteiger charge is 2.58. The van der Waals surface area contributed by atoms with Crippen molar-refractivity contribution in [2.45, 2.75) is 64.9 Å². The number of aliphatic hydroxyl groups is 3. The Morgan fingerprint density at radius 1 is 1.04 bits per heavy atom. The van der Waals surface area contributed by atoms with Gasteiger partial charge in [0.25, 0.3) is 0 Å². The maximum atomic E-state index is 12.4. The van der Waals surface area contributed by atoms with Crippen LogP contribution in [-0.2, 0) is 4.79 Å². The van der Waals surface area contributed by atoms with Gasteiger partial charge in [0.15, 0.2) is 0 Å². The largest absolute Gasteiger partial charge is 0.396 e. The molecule has 0 radical (unpaired) electrons. The van der Waals surface area contributed by atoms with Gasteiger partial charge < -0.3 is 15.3 Å². The highest BCUT2D eigenvalue weighted by Crippen LogP contribution is 2.61. The van der Waals surface area contributed by atoms with Crippen LogP contribution in [-0.4, -0.2) is 40.4 Å².